The van der Waals surface area contributed by atoms with Crippen LogP contribution in [-0.4, -0.2) is 96.8 Å². The van der Waals surface area contributed by atoms with Gasteiger partial charge in [-0.2, -0.15) is 0 Å². The molecule has 2 fully saturated rings. The van der Waals surface area contributed by atoms with Crippen LogP contribution >= 0.6 is 0 Å². The molecule has 8 atom stereocenters. The van der Waals surface area contributed by atoms with Gasteiger partial charge in [0.25, 0.3) is 0 Å². The highest BCUT2D eigenvalue weighted by Crippen LogP contribution is 2.39. The van der Waals surface area contributed by atoms with Crippen molar-refractivity contribution in [2.75, 3.05) is 11.5 Å². The monoisotopic (exact) mass is 576 g/mol. The minimum Gasteiger partial charge on any atom is -0.390 e. The van der Waals surface area contributed by atoms with E-state index in [4.69, 9.17) is 16.2 Å². The third-order valence-corrected chi connectivity index (χ3v) is 8.05. The number of aliphatic hydroxyl groups is 4. The van der Waals surface area contributed by atoms with E-state index in [0.29, 0.717) is 34.7 Å². The van der Waals surface area contributed by atoms with Gasteiger partial charge in [-0.25, -0.2) is 19.9 Å². The SMILES string of the molecule is CCC[C@H]1C[C@@H](n2ccc3c(N)ncnc32)[C@H](O)[C@@H]1O.CCC[C@H]1O[C@@H](n2ccc3c(N)ncnc32)[C@H](O)[C@@H]1O.[B].[B]. The van der Waals surface area contributed by atoms with E-state index in [-0.39, 0.29) is 34.9 Å². The second kappa shape index (κ2) is 13.8. The molecule has 4 aromatic heterocycles. The number of rotatable bonds is 6. The van der Waals surface area contributed by atoms with Crippen LogP contribution in [0.5, 0.6) is 0 Å². The van der Waals surface area contributed by atoms with E-state index in [9.17, 15) is 20.4 Å². The van der Waals surface area contributed by atoms with Crippen molar-refractivity contribution in [3.05, 3.63) is 37.2 Å². The van der Waals surface area contributed by atoms with Gasteiger partial charge >= 0.3 is 0 Å². The zero-order valence-electron chi connectivity index (χ0n) is 23.8. The summed E-state index contributed by atoms with van der Waals surface area (Å²) in [6.07, 6.45) is 6.32. The van der Waals surface area contributed by atoms with Crippen molar-refractivity contribution in [3.8, 4) is 0 Å². The van der Waals surface area contributed by atoms with E-state index in [1.165, 1.54) is 12.7 Å². The number of anilines is 2. The Balaban J connectivity index is 0.000000220. The molecule has 1 saturated heterocycles. The van der Waals surface area contributed by atoms with E-state index in [1.54, 1.807) is 16.8 Å². The molecule has 6 rings (SSSR count). The Morgan fingerprint density at radius 2 is 1.31 bits per heavy atom. The summed E-state index contributed by atoms with van der Waals surface area (Å²) >= 11 is 0. The Labute approximate surface area is 248 Å². The maximum atomic E-state index is 10.3. The van der Waals surface area contributed by atoms with Crippen LogP contribution in [0, 0.1) is 5.92 Å². The molecule has 5 heterocycles. The molecule has 8 N–H and O–H groups in total. The van der Waals surface area contributed by atoms with Gasteiger partial charge in [0.1, 0.15) is 53.9 Å². The lowest BCUT2D eigenvalue weighted by atomic mass is 10.00. The van der Waals surface area contributed by atoms with E-state index in [0.717, 1.165) is 31.1 Å². The first-order valence-corrected chi connectivity index (χ1v) is 13.8. The number of hydrogen-bond donors (Lipinski definition) is 6. The molecule has 1 aliphatic carbocycles. The summed E-state index contributed by atoms with van der Waals surface area (Å²) in [5.41, 5.74) is 12.9. The van der Waals surface area contributed by atoms with Crippen molar-refractivity contribution in [1.29, 1.82) is 0 Å². The molecule has 42 heavy (non-hydrogen) atoms. The highest BCUT2D eigenvalue weighted by molar-refractivity contribution is 5.86. The number of nitrogens with two attached hydrogens (primary N) is 2. The first-order chi connectivity index (χ1) is 19.3. The van der Waals surface area contributed by atoms with Crippen LogP contribution in [0.1, 0.15) is 58.2 Å². The largest absolute Gasteiger partial charge is 0.390 e. The molecule has 13 nitrogen and oxygen atoms in total. The molecule has 1 aliphatic heterocycles. The van der Waals surface area contributed by atoms with Crippen LogP contribution in [0.3, 0.4) is 0 Å². The van der Waals surface area contributed by atoms with Gasteiger partial charge in [0.2, 0.25) is 0 Å². The molecule has 0 spiro atoms. The number of nitrogen functional groups attached to an aromatic ring is 2. The molecule has 0 amide bonds. The molecule has 2 aliphatic rings. The molecular weight excluding hydrogens is 538 g/mol. The average Bonchev–Trinajstić information content (AvgIpc) is 3.69. The second-order valence-electron chi connectivity index (χ2n) is 10.6. The number of nitrogens with zero attached hydrogens (tertiary/aromatic N) is 6. The fourth-order valence-corrected chi connectivity index (χ4v) is 5.97. The van der Waals surface area contributed by atoms with Gasteiger partial charge in [-0.15, -0.1) is 0 Å². The second-order valence-corrected chi connectivity index (χ2v) is 10.6. The zero-order chi connectivity index (χ0) is 28.6. The quantitative estimate of drug-likeness (QED) is 0.177. The van der Waals surface area contributed by atoms with Crippen LogP contribution in [0.4, 0.5) is 11.6 Å². The number of aromatic nitrogens is 6. The van der Waals surface area contributed by atoms with Crippen LogP contribution in [0.15, 0.2) is 37.2 Å². The Kier molecular flexibility index (Phi) is 11.0. The van der Waals surface area contributed by atoms with Crippen molar-refractivity contribution in [2.24, 2.45) is 5.92 Å². The summed E-state index contributed by atoms with van der Waals surface area (Å²) in [5.74, 6) is 0.954. The molecule has 1 saturated carbocycles. The fourth-order valence-electron chi connectivity index (χ4n) is 5.97. The first-order valence-electron chi connectivity index (χ1n) is 13.8. The van der Waals surface area contributed by atoms with Gasteiger partial charge in [-0.05, 0) is 37.3 Å². The molecule has 15 heteroatoms. The predicted molar refractivity (Wildman–Crippen MR) is 160 cm³/mol. The van der Waals surface area contributed by atoms with Crippen LogP contribution in [-0.2, 0) is 4.74 Å². The fraction of sp³-hybridized carbons (Fsp3) is 0.556. The third kappa shape index (κ3) is 5.97. The standard InChI is InChI=1S/C14H20N4O2.C13H18N4O3.2B/c1-2-3-8-6-10(12(20)11(8)19)18-5-4-9-13(15)16-7-17-14(9)18;1-2-3-8-9(18)10(19)13(20-8)17-5-4-7-11(14)15-6-16-12(7)17;;/h4-5,7-8,10-12,19-20H,2-3,6H2,1H3,(H2,15,16,17);4-6,8-10,13,18-19H,2-3H2,1H3,(H2,14,15,16);;/t8-,10+,11+,12-;8-,9-,10-,13-;;/m01../s1. The Morgan fingerprint density at radius 3 is 1.88 bits per heavy atom. The van der Waals surface area contributed by atoms with Gasteiger partial charge in [-0.3, -0.25) is 0 Å². The molecule has 0 unspecified atom stereocenters. The lowest BCUT2D eigenvalue weighted by Crippen LogP contribution is -2.31. The summed E-state index contributed by atoms with van der Waals surface area (Å²) in [6, 6.07) is 3.48. The van der Waals surface area contributed by atoms with Gasteiger partial charge < -0.3 is 45.8 Å². The van der Waals surface area contributed by atoms with Crippen molar-refractivity contribution < 1.29 is 25.2 Å². The molecule has 4 aromatic rings. The summed E-state index contributed by atoms with van der Waals surface area (Å²) in [7, 11) is 0. The van der Waals surface area contributed by atoms with E-state index in [1.807, 2.05) is 23.8 Å². The van der Waals surface area contributed by atoms with E-state index < -0.39 is 30.6 Å². The predicted octanol–water partition coefficient (Wildman–Crippen LogP) is 0.768. The maximum absolute atomic E-state index is 10.3. The first kappa shape index (κ1) is 33.3. The maximum Gasteiger partial charge on any atom is 0.164 e. The number of hydrogen-bond acceptors (Lipinski definition) is 11. The summed E-state index contributed by atoms with van der Waals surface area (Å²) < 4.78 is 9.39. The number of ether oxygens (including phenoxy) is 1. The summed E-state index contributed by atoms with van der Waals surface area (Å²) in [5, 5.41) is 42.2. The third-order valence-electron chi connectivity index (χ3n) is 8.05. The van der Waals surface area contributed by atoms with Gasteiger partial charge in [0.15, 0.2) is 6.23 Å². The minimum absolute atomic E-state index is 0. The van der Waals surface area contributed by atoms with Crippen molar-refractivity contribution in [1.82, 2.24) is 29.1 Å². The molecule has 6 radical (unpaired) electrons. The van der Waals surface area contributed by atoms with Gasteiger partial charge in [-0.1, -0.05) is 26.7 Å². The molecular formula is C27H38B2N8O5. The Morgan fingerprint density at radius 1 is 0.762 bits per heavy atom. The zero-order valence-corrected chi connectivity index (χ0v) is 23.8. The van der Waals surface area contributed by atoms with Crippen LogP contribution in [0.25, 0.3) is 22.1 Å². The highest BCUT2D eigenvalue weighted by atomic mass is 16.6. The van der Waals surface area contributed by atoms with Crippen molar-refractivity contribution in [3.63, 3.8) is 0 Å². The normalized spacial score (nSPS) is 28.7. The van der Waals surface area contributed by atoms with Gasteiger partial charge in [0.05, 0.1) is 29.0 Å². The smallest absolute Gasteiger partial charge is 0.164 e. The Bertz CT molecular complexity index is 1350. The topological polar surface area (TPSA) is 204 Å². The lowest BCUT2D eigenvalue weighted by molar-refractivity contribution is -0.0367. The Hall–Kier alpha value is -3.23. The molecule has 0 aromatic carbocycles. The molecule has 0 bridgehead atoms. The van der Waals surface area contributed by atoms with E-state index >= 15 is 0 Å². The molecule has 222 valence electrons. The average molecular weight is 576 g/mol. The van der Waals surface area contributed by atoms with Crippen molar-refractivity contribution >= 4 is 50.5 Å². The summed E-state index contributed by atoms with van der Waals surface area (Å²) in [4.78, 5) is 16.3. The van der Waals surface area contributed by atoms with Crippen molar-refractivity contribution in [2.45, 2.75) is 88.7 Å². The van der Waals surface area contributed by atoms with Crippen LogP contribution < -0.4 is 11.5 Å². The van der Waals surface area contributed by atoms with Crippen LogP contribution in [0.2, 0.25) is 0 Å². The lowest BCUT2D eigenvalue weighted by Gasteiger charge is -2.19. The summed E-state index contributed by atoms with van der Waals surface area (Å²) in [6.45, 7) is 4.10. The van der Waals surface area contributed by atoms with E-state index in [2.05, 4.69) is 26.9 Å². The number of fused-ring (bicyclic) bond motifs is 2. The number of aliphatic hydroxyl groups excluding tert-OH is 4. The van der Waals surface area contributed by atoms with Gasteiger partial charge in [0, 0.05) is 29.2 Å². The minimum atomic E-state index is -0.988. The highest BCUT2D eigenvalue weighted by Gasteiger charge is 2.44.